The van der Waals surface area contributed by atoms with Crippen LogP contribution in [-0.4, -0.2) is 54.1 Å². The molecule has 0 spiro atoms. The van der Waals surface area contributed by atoms with Crippen LogP contribution in [0.15, 0.2) is 0 Å². The van der Waals surface area contributed by atoms with Gasteiger partial charge >= 0.3 is 17.9 Å². The first-order valence-electron chi connectivity index (χ1n) is 25.7. The van der Waals surface area contributed by atoms with Crippen molar-refractivity contribution in [3.05, 3.63) is 0 Å². The van der Waals surface area contributed by atoms with Gasteiger partial charge in [0.1, 0.15) is 12.2 Å². The highest BCUT2D eigenvalue weighted by Gasteiger charge is 2.73. The lowest BCUT2D eigenvalue weighted by atomic mass is 9.59. The summed E-state index contributed by atoms with van der Waals surface area (Å²) in [4.78, 5) is 47.2. The van der Waals surface area contributed by atoms with Gasteiger partial charge in [0.25, 0.3) is 5.97 Å². The van der Waals surface area contributed by atoms with Crippen molar-refractivity contribution in [1.82, 2.24) is 0 Å². The van der Waals surface area contributed by atoms with Crippen molar-refractivity contribution in [3.63, 3.8) is 0 Å². The lowest BCUT2D eigenvalue weighted by Crippen LogP contribution is -2.46. The predicted molar refractivity (Wildman–Crippen MR) is 253 cm³/mol. The van der Waals surface area contributed by atoms with Crippen LogP contribution in [0.4, 0.5) is 0 Å². The highest BCUT2D eigenvalue weighted by atomic mass is 16.7. The first-order chi connectivity index (χ1) is 29.3. The summed E-state index contributed by atoms with van der Waals surface area (Å²) in [5.41, 5.74) is -0.620. The topological polar surface area (TPSA) is 125 Å². The third kappa shape index (κ3) is 8.05. The van der Waals surface area contributed by atoms with Gasteiger partial charge in [-0.05, 0) is 228 Å². The summed E-state index contributed by atoms with van der Waals surface area (Å²) in [6.45, 7) is 9.43. The molecule has 13 aliphatic rings. The first-order valence-corrected chi connectivity index (χ1v) is 25.7. The van der Waals surface area contributed by atoms with E-state index < -0.39 is 11.4 Å². The number of rotatable bonds is 8. The Morgan fingerprint density at radius 3 is 1.42 bits per heavy atom. The van der Waals surface area contributed by atoms with Gasteiger partial charge in [-0.3, -0.25) is 19.2 Å². The number of ether oxygens (including phenoxy) is 4. The van der Waals surface area contributed by atoms with E-state index >= 15 is 0 Å². The minimum absolute atomic E-state index is 0. The van der Waals surface area contributed by atoms with Crippen LogP contribution in [0.2, 0.25) is 0 Å². The molecule has 65 heavy (non-hydrogen) atoms. The third-order valence-corrected chi connectivity index (χ3v) is 21.7. The van der Waals surface area contributed by atoms with Gasteiger partial charge in [-0.25, -0.2) is 0 Å². The fraction of sp³-hybridized carbons (Fsp3) is 0.929. The van der Waals surface area contributed by atoms with Crippen LogP contribution < -0.4 is 0 Å². The SMILES string of the molecule is C.C.C.C.CC(=O)O.CC(=O)OC1CCCCO1.CCC(C)(CC(C)C(=O)OC1CC2CC1C1C3CC(C4C5CCC(C5)C34)C21)C(=O)OC1CC2CC1C1C3CC(C4C5CCC(C5)C34)C21. The second-order valence-electron chi connectivity index (χ2n) is 24.1. The first kappa shape index (κ1) is 50.7. The van der Waals surface area contributed by atoms with Gasteiger partial charge in [-0.2, -0.15) is 0 Å². The molecule has 12 bridgehead atoms. The standard InChI is InChI=1S/C43H60O4.C7H12O3.C2H4O2.4CH4/c1-4-43(3,42(45)47-32-14-24-12-26(32)40-30-16-28(38(24)40)34-20-6-8-22(10-20)36(30)34)17-18(2)41(44)46-31-13-23-11-25(31)39-29-15-27(37(23)39)33-19-5-7-21(9-19)35(29)33;1-6(8)10-7-4-2-3-5-9-7;1-2(3)4;;;;/h18-40H,4-17H2,1-3H3;7H,2-5H2,1H3;1H3,(H,3,4);4*1H4. The number of hydrogen-bond acceptors (Lipinski definition) is 8. The highest BCUT2D eigenvalue weighted by molar-refractivity contribution is 5.79. The van der Waals surface area contributed by atoms with Gasteiger partial charge in [-0.15, -0.1) is 0 Å². The second-order valence-corrected chi connectivity index (χ2v) is 24.1. The van der Waals surface area contributed by atoms with Crippen LogP contribution in [0.3, 0.4) is 0 Å². The summed E-state index contributed by atoms with van der Waals surface area (Å²) < 4.78 is 23.0. The van der Waals surface area contributed by atoms with Gasteiger partial charge in [-0.1, -0.05) is 43.6 Å². The van der Waals surface area contributed by atoms with Crippen LogP contribution >= 0.6 is 0 Å². The summed E-state index contributed by atoms with van der Waals surface area (Å²) in [5, 5.41) is 7.42. The molecule has 0 radical (unpaired) electrons. The molecule has 1 aliphatic heterocycles. The van der Waals surface area contributed by atoms with Gasteiger partial charge in [0.2, 0.25) is 6.29 Å². The van der Waals surface area contributed by atoms with Crippen LogP contribution in [0.5, 0.6) is 0 Å². The number of aliphatic carboxylic acids is 1. The number of carboxylic acids is 1. The van der Waals surface area contributed by atoms with E-state index in [2.05, 4.69) is 13.8 Å². The van der Waals surface area contributed by atoms with Crippen molar-refractivity contribution in [2.45, 2.75) is 192 Å². The fourth-order valence-electron chi connectivity index (χ4n) is 20.4. The number of hydrogen-bond donors (Lipinski definition) is 1. The molecule has 1 heterocycles. The van der Waals surface area contributed by atoms with Crippen molar-refractivity contribution in [2.24, 2.45) is 130 Å². The van der Waals surface area contributed by atoms with E-state index in [9.17, 15) is 14.4 Å². The average Bonchev–Trinajstić information content (AvgIpc) is 4.06. The molecule has 370 valence electrons. The minimum atomic E-state index is -0.833. The maximum absolute atomic E-state index is 14.0. The van der Waals surface area contributed by atoms with Crippen LogP contribution in [-0.2, 0) is 38.1 Å². The number of carbonyl (C=O) groups is 4. The van der Waals surface area contributed by atoms with E-state index in [1.165, 1.54) is 71.1 Å². The second kappa shape index (κ2) is 19.0. The number of carbonyl (C=O) groups excluding carboxylic acids is 3. The molecule has 1 N–H and O–H groups in total. The van der Waals surface area contributed by atoms with Crippen molar-refractivity contribution in [1.29, 1.82) is 0 Å². The van der Waals surface area contributed by atoms with E-state index in [-0.39, 0.29) is 72.0 Å². The molecule has 13 fully saturated rings. The van der Waals surface area contributed by atoms with Gasteiger partial charge < -0.3 is 24.1 Å². The summed E-state index contributed by atoms with van der Waals surface area (Å²) in [6, 6.07) is 0. The average molecular weight is 909 g/mol. The molecular formula is C56H92O9. The van der Waals surface area contributed by atoms with E-state index in [1.54, 1.807) is 0 Å². The maximum atomic E-state index is 14.0. The minimum Gasteiger partial charge on any atom is -0.481 e. The Morgan fingerprint density at radius 1 is 0.569 bits per heavy atom. The molecule has 0 aromatic carbocycles. The normalized spacial score (nSPS) is 49.0. The lowest BCUT2D eigenvalue weighted by molar-refractivity contribution is -0.184. The van der Waals surface area contributed by atoms with E-state index in [0.29, 0.717) is 18.3 Å². The quantitative estimate of drug-likeness (QED) is 0.144. The lowest BCUT2D eigenvalue weighted by Gasteiger charge is -2.47. The van der Waals surface area contributed by atoms with Gasteiger partial charge in [0.05, 0.1) is 17.9 Å². The van der Waals surface area contributed by atoms with Crippen LogP contribution in [0, 0.1) is 130 Å². The molecule has 9 heteroatoms. The van der Waals surface area contributed by atoms with Crippen LogP contribution in [0.1, 0.15) is 173 Å². The Kier molecular flexibility index (Phi) is 14.8. The molecule has 12 aliphatic carbocycles. The molecule has 0 aromatic heterocycles. The largest absolute Gasteiger partial charge is 0.481 e. The monoisotopic (exact) mass is 909 g/mol. The Hall–Kier alpha value is -2.16. The maximum Gasteiger partial charge on any atom is 0.312 e. The smallest absolute Gasteiger partial charge is 0.312 e. The zero-order chi connectivity index (χ0) is 42.2. The number of carboxylic acid groups (broad SMARTS) is 1. The highest BCUT2D eigenvalue weighted by Crippen LogP contribution is 2.78. The fourth-order valence-corrected chi connectivity index (χ4v) is 20.4. The van der Waals surface area contributed by atoms with Crippen LogP contribution in [0.25, 0.3) is 0 Å². The predicted octanol–water partition coefficient (Wildman–Crippen LogP) is 12.1. The van der Waals surface area contributed by atoms with E-state index in [0.717, 1.165) is 159 Å². The van der Waals surface area contributed by atoms with Gasteiger partial charge in [0, 0.05) is 20.3 Å². The number of fused-ring (bicyclic) bond motifs is 32. The molecular weight excluding hydrogens is 817 g/mol. The molecule has 12 saturated carbocycles. The Morgan fingerprint density at radius 2 is 1.00 bits per heavy atom. The van der Waals surface area contributed by atoms with Crippen molar-refractivity contribution in [2.75, 3.05) is 6.61 Å². The van der Waals surface area contributed by atoms with E-state index in [1.807, 2.05) is 6.92 Å². The van der Waals surface area contributed by atoms with Crippen molar-refractivity contribution in [3.8, 4) is 0 Å². The third-order valence-electron chi connectivity index (χ3n) is 21.7. The zero-order valence-corrected chi connectivity index (χ0v) is 37.8. The van der Waals surface area contributed by atoms with Crippen molar-refractivity contribution >= 4 is 23.9 Å². The zero-order valence-electron chi connectivity index (χ0n) is 37.8. The Bertz CT molecular complexity index is 1740. The molecule has 0 amide bonds. The molecule has 25 unspecified atom stereocenters. The summed E-state index contributed by atoms with van der Waals surface area (Å²) in [5.74, 6) is 17.2. The molecule has 25 atom stereocenters. The Balaban J connectivity index is 0.000000306. The van der Waals surface area contributed by atoms with E-state index in [4.69, 9.17) is 28.8 Å². The molecule has 0 aromatic rings. The summed E-state index contributed by atoms with van der Waals surface area (Å²) in [7, 11) is 0. The molecule has 9 nitrogen and oxygen atoms in total. The number of esters is 3. The Labute approximate surface area is 394 Å². The molecule has 13 rings (SSSR count). The van der Waals surface area contributed by atoms with Gasteiger partial charge in [0.15, 0.2) is 0 Å². The molecule has 1 saturated heterocycles. The van der Waals surface area contributed by atoms with Crippen molar-refractivity contribution < 1.29 is 43.2 Å². The summed E-state index contributed by atoms with van der Waals surface area (Å²) >= 11 is 0. The summed E-state index contributed by atoms with van der Waals surface area (Å²) in [6.07, 6.45) is 21.3.